The van der Waals surface area contributed by atoms with Gasteiger partial charge in [0, 0.05) is 17.7 Å². The number of pyridine rings is 1. The van der Waals surface area contributed by atoms with Crippen LogP contribution in [0.1, 0.15) is 35.9 Å². The van der Waals surface area contributed by atoms with Crippen molar-refractivity contribution in [3.05, 3.63) is 45.7 Å². The topological polar surface area (TPSA) is 59.3 Å². The molecule has 1 N–H and O–H groups in total. The lowest BCUT2D eigenvalue weighted by Crippen LogP contribution is -2.04. The van der Waals surface area contributed by atoms with Crippen molar-refractivity contribution in [1.29, 1.82) is 0 Å². The minimum atomic E-state index is 0.0409. The highest BCUT2D eigenvalue weighted by Crippen LogP contribution is 2.35. The molecule has 128 valence electrons. The molecule has 5 nitrogen and oxygen atoms in total. The summed E-state index contributed by atoms with van der Waals surface area (Å²) in [5, 5.41) is 8.21. The lowest BCUT2D eigenvalue weighted by Gasteiger charge is -2.12. The third-order valence-electron chi connectivity index (χ3n) is 4.57. The van der Waals surface area contributed by atoms with Crippen LogP contribution in [0.15, 0.2) is 18.2 Å². The van der Waals surface area contributed by atoms with Gasteiger partial charge in [-0.25, -0.2) is 9.50 Å². The Labute approximate surface area is 151 Å². The zero-order valence-corrected chi connectivity index (χ0v) is 15.2. The molecule has 0 unspecified atom stereocenters. The van der Waals surface area contributed by atoms with E-state index in [4.69, 9.17) is 11.6 Å². The Morgan fingerprint density at radius 2 is 2.04 bits per heavy atom. The molecule has 1 amide bonds. The Kier molecular flexibility index (Phi) is 3.76. The Bertz CT molecular complexity index is 1020. The van der Waals surface area contributed by atoms with E-state index in [1.165, 1.54) is 0 Å². The second kappa shape index (κ2) is 5.85. The number of aryl methyl sites for hydroxylation is 3. The molecule has 25 heavy (non-hydrogen) atoms. The van der Waals surface area contributed by atoms with Gasteiger partial charge in [-0.15, -0.1) is 0 Å². The number of benzene rings is 1. The SMILES string of the molecule is CCCc1nc2c(Cl)cc(C)c(-c3cc(C)c4c(c3)CC(=O)N4)n2n1. The minimum Gasteiger partial charge on any atom is -0.325 e. The minimum absolute atomic E-state index is 0.0409. The number of carbonyl (C=O) groups excluding carboxylic acids is 1. The molecule has 6 heteroatoms. The van der Waals surface area contributed by atoms with Gasteiger partial charge < -0.3 is 5.32 Å². The van der Waals surface area contributed by atoms with Crippen molar-refractivity contribution in [3.8, 4) is 11.3 Å². The first kappa shape index (κ1) is 16.1. The van der Waals surface area contributed by atoms with E-state index >= 15 is 0 Å². The van der Waals surface area contributed by atoms with Crippen LogP contribution in [0, 0.1) is 13.8 Å². The van der Waals surface area contributed by atoms with Crippen molar-refractivity contribution in [2.24, 2.45) is 0 Å². The lowest BCUT2D eigenvalue weighted by molar-refractivity contribution is -0.115. The maximum atomic E-state index is 11.7. The average molecular weight is 355 g/mol. The first-order valence-electron chi connectivity index (χ1n) is 8.46. The van der Waals surface area contributed by atoms with Gasteiger partial charge in [0.1, 0.15) is 0 Å². The van der Waals surface area contributed by atoms with Gasteiger partial charge in [0.2, 0.25) is 5.91 Å². The quantitative estimate of drug-likeness (QED) is 0.769. The summed E-state index contributed by atoms with van der Waals surface area (Å²) < 4.78 is 1.84. The van der Waals surface area contributed by atoms with Crippen molar-refractivity contribution in [2.45, 2.75) is 40.0 Å². The number of halogens is 1. The number of carbonyl (C=O) groups is 1. The van der Waals surface area contributed by atoms with E-state index in [0.717, 1.165) is 52.3 Å². The maximum absolute atomic E-state index is 11.7. The molecule has 0 saturated heterocycles. The molecular formula is C19H19ClN4O. The van der Waals surface area contributed by atoms with E-state index in [1.807, 2.05) is 24.4 Å². The van der Waals surface area contributed by atoms with Crippen LogP contribution < -0.4 is 5.32 Å². The molecule has 0 fully saturated rings. The van der Waals surface area contributed by atoms with Gasteiger partial charge in [-0.2, -0.15) is 5.10 Å². The first-order valence-corrected chi connectivity index (χ1v) is 8.84. The fourth-order valence-corrected chi connectivity index (χ4v) is 3.79. The number of anilines is 1. The molecule has 4 rings (SSSR count). The summed E-state index contributed by atoms with van der Waals surface area (Å²) in [5.74, 6) is 0.838. The van der Waals surface area contributed by atoms with Crippen LogP contribution in [0.2, 0.25) is 5.02 Å². The predicted octanol–water partition coefficient (Wildman–Crippen LogP) is 4.11. The third kappa shape index (κ3) is 2.59. The standard InChI is InChI=1S/C19H19ClN4O/c1-4-5-15-21-19-14(20)7-11(3)18(24(19)23-15)13-6-10(2)17-12(8-13)9-16(25)22-17/h6-8H,4-5,9H2,1-3H3,(H,22,25). The number of hydrogen-bond acceptors (Lipinski definition) is 3. The Hall–Kier alpha value is -2.40. The second-order valence-electron chi connectivity index (χ2n) is 6.59. The summed E-state index contributed by atoms with van der Waals surface area (Å²) in [6, 6.07) is 6.08. The summed E-state index contributed by atoms with van der Waals surface area (Å²) in [5.41, 5.74) is 6.72. The van der Waals surface area contributed by atoms with Gasteiger partial charge >= 0.3 is 0 Å². The van der Waals surface area contributed by atoms with Crippen LogP contribution in [0.5, 0.6) is 0 Å². The van der Waals surface area contributed by atoms with E-state index < -0.39 is 0 Å². The van der Waals surface area contributed by atoms with Gasteiger partial charge in [-0.3, -0.25) is 4.79 Å². The van der Waals surface area contributed by atoms with Gasteiger partial charge in [0.25, 0.3) is 0 Å². The van der Waals surface area contributed by atoms with Crippen molar-refractivity contribution < 1.29 is 4.79 Å². The van der Waals surface area contributed by atoms with E-state index in [1.54, 1.807) is 0 Å². The highest BCUT2D eigenvalue weighted by Gasteiger charge is 2.22. The van der Waals surface area contributed by atoms with Gasteiger partial charge in [-0.1, -0.05) is 18.5 Å². The molecule has 1 aromatic carbocycles. The van der Waals surface area contributed by atoms with Crippen LogP contribution >= 0.6 is 11.6 Å². The van der Waals surface area contributed by atoms with Crippen molar-refractivity contribution in [1.82, 2.24) is 14.6 Å². The highest BCUT2D eigenvalue weighted by atomic mass is 35.5. The van der Waals surface area contributed by atoms with E-state index in [2.05, 4.69) is 34.5 Å². The van der Waals surface area contributed by atoms with Crippen molar-refractivity contribution >= 4 is 28.8 Å². The van der Waals surface area contributed by atoms with Gasteiger partial charge in [-0.05, 0) is 55.2 Å². The van der Waals surface area contributed by atoms with Crippen LogP contribution in [0.3, 0.4) is 0 Å². The van der Waals surface area contributed by atoms with Crippen molar-refractivity contribution in [3.63, 3.8) is 0 Å². The second-order valence-corrected chi connectivity index (χ2v) is 7.00. The largest absolute Gasteiger partial charge is 0.325 e. The number of amides is 1. The van der Waals surface area contributed by atoms with Gasteiger partial charge in [0.15, 0.2) is 11.5 Å². The summed E-state index contributed by atoms with van der Waals surface area (Å²) in [7, 11) is 0. The molecule has 0 bridgehead atoms. The van der Waals surface area contributed by atoms with E-state index in [-0.39, 0.29) is 5.91 Å². The molecule has 0 spiro atoms. The number of nitrogens with one attached hydrogen (secondary N) is 1. The highest BCUT2D eigenvalue weighted by molar-refractivity contribution is 6.33. The molecule has 0 atom stereocenters. The van der Waals surface area contributed by atoms with Crippen LogP contribution in [-0.2, 0) is 17.6 Å². The molecule has 0 saturated carbocycles. The normalized spacial score (nSPS) is 13.4. The monoisotopic (exact) mass is 354 g/mol. The molecule has 1 aliphatic heterocycles. The zero-order chi connectivity index (χ0) is 17.7. The molecule has 0 aliphatic carbocycles. The fourth-order valence-electron chi connectivity index (χ4n) is 3.51. The Morgan fingerprint density at radius 3 is 2.80 bits per heavy atom. The van der Waals surface area contributed by atoms with Crippen LogP contribution in [-0.4, -0.2) is 20.5 Å². The first-order chi connectivity index (χ1) is 12.0. The molecule has 2 aromatic heterocycles. The fraction of sp³-hybridized carbons (Fsp3) is 0.316. The number of rotatable bonds is 3. The zero-order valence-electron chi connectivity index (χ0n) is 14.5. The van der Waals surface area contributed by atoms with Gasteiger partial charge in [0.05, 0.1) is 17.1 Å². The summed E-state index contributed by atoms with van der Waals surface area (Å²) in [6.07, 6.45) is 2.21. The Balaban J connectivity index is 1.97. The van der Waals surface area contributed by atoms with E-state index in [9.17, 15) is 4.79 Å². The summed E-state index contributed by atoms with van der Waals surface area (Å²) >= 11 is 6.40. The third-order valence-corrected chi connectivity index (χ3v) is 4.85. The predicted molar refractivity (Wildman–Crippen MR) is 99.2 cm³/mol. The smallest absolute Gasteiger partial charge is 0.228 e. The summed E-state index contributed by atoms with van der Waals surface area (Å²) in [4.78, 5) is 16.3. The average Bonchev–Trinajstić information content (AvgIpc) is 3.11. The molecule has 3 aromatic rings. The van der Waals surface area contributed by atoms with Crippen LogP contribution in [0.4, 0.5) is 5.69 Å². The summed E-state index contributed by atoms with van der Waals surface area (Å²) in [6.45, 7) is 6.14. The number of aromatic nitrogens is 3. The lowest BCUT2D eigenvalue weighted by atomic mass is 9.99. The number of hydrogen-bond donors (Lipinski definition) is 1. The van der Waals surface area contributed by atoms with E-state index in [0.29, 0.717) is 17.1 Å². The maximum Gasteiger partial charge on any atom is 0.228 e. The van der Waals surface area contributed by atoms with Crippen LogP contribution in [0.25, 0.3) is 16.9 Å². The number of nitrogens with zero attached hydrogens (tertiary/aromatic N) is 3. The molecule has 0 radical (unpaired) electrons. The van der Waals surface area contributed by atoms with Crippen molar-refractivity contribution in [2.75, 3.05) is 5.32 Å². The molecular weight excluding hydrogens is 336 g/mol. The molecule has 3 heterocycles. The Morgan fingerprint density at radius 1 is 1.24 bits per heavy atom. The molecule has 1 aliphatic rings. The number of fused-ring (bicyclic) bond motifs is 2.